The second-order valence-electron chi connectivity index (χ2n) is 8.48. The van der Waals surface area contributed by atoms with Crippen LogP contribution >= 0.6 is 0 Å². The highest BCUT2D eigenvalue weighted by Crippen LogP contribution is 2.40. The molecule has 0 saturated carbocycles. The predicted octanol–water partition coefficient (Wildman–Crippen LogP) is 4.84. The molecule has 1 aliphatic rings. The molecule has 2 atom stereocenters. The molecular formula is C28H25N5O4. The Morgan fingerprint density at radius 1 is 0.973 bits per heavy atom. The number of azide groups is 1. The van der Waals surface area contributed by atoms with Crippen LogP contribution in [-0.2, 0) is 15.1 Å². The normalized spacial score (nSPS) is 15.3. The Bertz CT molecular complexity index is 1330. The van der Waals surface area contributed by atoms with E-state index in [1.165, 1.54) is 6.07 Å². The summed E-state index contributed by atoms with van der Waals surface area (Å²) in [5.74, 6) is 0. The lowest BCUT2D eigenvalue weighted by molar-refractivity contribution is -0.106. The van der Waals surface area contributed by atoms with Gasteiger partial charge < -0.3 is 14.2 Å². The molecule has 1 aliphatic heterocycles. The Kier molecular flexibility index (Phi) is 7.28. The standard InChI is InChI=1S/C28H25N5O4/c29-32-30-18-24(37-26-20-35-27-31-25(34)16-17-33(26)27)19-36-28(21-10-4-1-5-11-21,22-12-6-2-7-13-22)23-14-8-3-9-15-23/h1-17,24,26H,18-20H2. The molecule has 0 N–H and O–H groups in total. The molecule has 0 bridgehead atoms. The van der Waals surface area contributed by atoms with Gasteiger partial charge in [-0.1, -0.05) is 96.1 Å². The van der Waals surface area contributed by atoms with Crippen LogP contribution in [0.4, 0.5) is 0 Å². The maximum atomic E-state index is 11.6. The van der Waals surface area contributed by atoms with Crippen molar-refractivity contribution in [1.82, 2.24) is 9.55 Å². The maximum Gasteiger partial charge on any atom is 0.302 e. The van der Waals surface area contributed by atoms with E-state index in [1.807, 2.05) is 91.0 Å². The van der Waals surface area contributed by atoms with Crippen molar-refractivity contribution in [2.45, 2.75) is 17.9 Å². The highest BCUT2D eigenvalue weighted by atomic mass is 16.6. The zero-order valence-corrected chi connectivity index (χ0v) is 20.0. The fraction of sp³-hybridized carbons (Fsp3) is 0.214. The molecule has 1 aromatic heterocycles. The summed E-state index contributed by atoms with van der Waals surface area (Å²) in [7, 11) is 0. The number of hydrogen-bond donors (Lipinski definition) is 0. The third-order valence-electron chi connectivity index (χ3n) is 6.19. The molecule has 3 aromatic carbocycles. The van der Waals surface area contributed by atoms with Crippen LogP contribution in [0.25, 0.3) is 10.4 Å². The highest BCUT2D eigenvalue weighted by molar-refractivity contribution is 5.47. The molecule has 0 spiro atoms. The predicted molar refractivity (Wildman–Crippen MR) is 137 cm³/mol. The Morgan fingerprint density at radius 3 is 2.08 bits per heavy atom. The third-order valence-corrected chi connectivity index (χ3v) is 6.19. The van der Waals surface area contributed by atoms with Crippen molar-refractivity contribution in [3.63, 3.8) is 0 Å². The van der Waals surface area contributed by atoms with E-state index in [2.05, 4.69) is 15.0 Å². The minimum atomic E-state index is -0.946. The van der Waals surface area contributed by atoms with Crippen LogP contribution in [-0.4, -0.2) is 35.4 Å². The average Bonchev–Trinajstić information content (AvgIpc) is 3.35. The van der Waals surface area contributed by atoms with Gasteiger partial charge in [-0.25, -0.2) is 0 Å². The lowest BCUT2D eigenvalue weighted by atomic mass is 9.80. The van der Waals surface area contributed by atoms with Crippen LogP contribution < -0.4 is 10.3 Å². The average molecular weight is 496 g/mol. The van der Waals surface area contributed by atoms with Crippen molar-refractivity contribution in [1.29, 1.82) is 0 Å². The third kappa shape index (κ3) is 5.10. The molecule has 37 heavy (non-hydrogen) atoms. The van der Waals surface area contributed by atoms with Crippen molar-refractivity contribution in [3.8, 4) is 6.01 Å². The van der Waals surface area contributed by atoms with E-state index >= 15 is 0 Å². The summed E-state index contributed by atoms with van der Waals surface area (Å²) >= 11 is 0. The molecule has 2 heterocycles. The van der Waals surface area contributed by atoms with Crippen LogP contribution in [0.15, 0.2) is 113 Å². The van der Waals surface area contributed by atoms with Gasteiger partial charge >= 0.3 is 6.01 Å². The quantitative estimate of drug-likeness (QED) is 0.135. The van der Waals surface area contributed by atoms with Crippen LogP contribution in [0.3, 0.4) is 0 Å². The lowest BCUT2D eigenvalue weighted by Crippen LogP contribution is -2.38. The Balaban J connectivity index is 1.51. The summed E-state index contributed by atoms with van der Waals surface area (Å²) in [6.45, 7) is 0.325. The van der Waals surface area contributed by atoms with E-state index in [4.69, 9.17) is 19.7 Å². The summed E-state index contributed by atoms with van der Waals surface area (Å²) in [4.78, 5) is 18.4. The highest BCUT2D eigenvalue weighted by Gasteiger charge is 2.38. The summed E-state index contributed by atoms with van der Waals surface area (Å²) in [6, 6.07) is 31.5. The van der Waals surface area contributed by atoms with Gasteiger partial charge in [0, 0.05) is 17.2 Å². The summed E-state index contributed by atoms with van der Waals surface area (Å²) in [5, 5.41) is 3.76. The second-order valence-corrected chi connectivity index (χ2v) is 8.48. The largest absolute Gasteiger partial charge is 0.460 e. The molecule has 9 nitrogen and oxygen atoms in total. The molecule has 0 radical (unpaired) electrons. The first-order valence-corrected chi connectivity index (χ1v) is 11.9. The minimum Gasteiger partial charge on any atom is -0.460 e. The van der Waals surface area contributed by atoms with Crippen LogP contribution in [0.5, 0.6) is 6.01 Å². The monoisotopic (exact) mass is 495 g/mol. The fourth-order valence-corrected chi connectivity index (χ4v) is 4.53. The molecule has 0 amide bonds. The van der Waals surface area contributed by atoms with Crippen LogP contribution in [0.2, 0.25) is 0 Å². The van der Waals surface area contributed by atoms with Crippen molar-refractivity contribution >= 4 is 0 Å². The van der Waals surface area contributed by atoms with E-state index in [9.17, 15) is 4.79 Å². The summed E-state index contributed by atoms with van der Waals surface area (Å²) in [6.07, 6.45) is 0.422. The summed E-state index contributed by atoms with van der Waals surface area (Å²) in [5.41, 5.74) is 10.5. The number of hydrogen-bond acceptors (Lipinski definition) is 6. The Morgan fingerprint density at radius 2 is 1.54 bits per heavy atom. The first-order chi connectivity index (χ1) is 18.2. The number of aromatic nitrogens is 2. The van der Waals surface area contributed by atoms with Crippen molar-refractivity contribution < 1.29 is 14.2 Å². The molecule has 9 heteroatoms. The van der Waals surface area contributed by atoms with Gasteiger partial charge in [-0.3, -0.25) is 9.36 Å². The first-order valence-electron chi connectivity index (χ1n) is 11.9. The lowest BCUT2D eigenvalue weighted by Gasteiger charge is -2.37. The molecule has 186 valence electrons. The van der Waals surface area contributed by atoms with E-state index in [0.717, 1.165) is 16.7 Å². The molecule has 4 aromatic rings. The Hall–Kier alpha value is -4.43. The van der Waals surface area contributed by atoms with Gasteiger partial charge in [0.2, 0.25) is 0 Å². The molecule has 0 fully saturated rings. The van der Waals surface area contributed by atoms with Gasteiger partial charge in [0.15, 0.2) is 6.23 Å². The van der Waals surface area contributed by atoms with Crippen molar-refractivity contribution in [3.05, 3.63) is 141 Å². The van der Waals surface area contributed by atoms with Crippen molar-refractivity contribution in [2.24, 2.45) is 5.11 Å². The first kappa shape index (κ1) is 24.3. The number of nitrogens with zero attached hydrogens (tertiary/aromatic N) is 5. The zero-order chi connectivity index (χ0) is 25.5. The molecular weight excluding hydrogens is 470 g/mol. The number of rotatable bonds is 10. The Labute approximate surface area is 213 Å². The van der Waals surface area contributed by atoms with Gasteiger partial charge in [0.1, 0.15) is 12.2 Å². The van der Waals surface area contributed by atoms with Gasteiger partial charge in [-0.05, 0) is 22.2 Å². The molecule has 2 unspecified atom stereocenters. The van der Waals surface area contributed by atoms with E-state index in [0.29, 0.717) is 0 Å². The number of ether oxygens (including phenoxy) is 3. The topological polar surface area (TPSA) is 111 Å². The zero-order valence-electron chi connectivity index (χ0n) is 20.0. The fourth-order valence-electron chi connectivity index (χ4n) is 4.53. The van der Waals surface area contributed by atoms with Gasteiger partial charge in [0.05, 0.1) is 19.3 Å². The molecule has 0 saturated heterocycles. The number of benzene rings is 3. The smallest absolute Gasteiger partial charge is 0.302 e. The van der Waals surface area contributed by atoms with Crippen molar-refractivity contribution in [2.75, 3.05) is 19.8 Å². The second kappa shape index (κ2) is 11.1. The number of fused-ring (bicyclic) bond motifs is 1. The van der Waals surface area contributed by atoms with E-state index in [-0.39, 0.29) is 31.3 Å². The van der Waals surface area contributed by atoms with E-state index in [1.54, 1.807) is 10.8 Å². The minimum absolute atomic E-state index is 0.0460. The maximum absolute atomic E-state index is 11.6. The molecule has 5 rings (SSSR count). The molecule has 0 aliphatic carbocycles. The van der Waals surface area contributed by atoms with E-state index < -0.39 is 17.9 Å². The SMILES string of the molecule is [N-]=[N+]=NCC(COC(c1ccccc1)(c1ccccc1)c1ccccc1)OC1COc2nc(=O)ccn21. The van der Waals surface area contributed by atoms with Gasteiger partial charge in [-0.15, -0.1) is 0 Å². The van der Waals surface area contributed by atoms with Gasteiger partial charge in [0.25, 0.3) is 5.56 Å². The van der Waals surface area contributed by atoms with Crippen LogP contribution in [0, 0.1) is 0 Å². The van der Waals surface area contributed by atoms with Gasteiger partial charge in [-0.2, -0.15) is 4.98 Å². The summed E-state index contributed by atoms with van der Waals surface area (Å²) < 4.78 is 20.3. The van der Waals surface area contributed by atoms with Crippen LogP contribution in [0.1, 0.15) is 22.9 Å².